The van der Waals surface area contributed by atoms with Crippen molar-refractivity contribution in [1.29, 1.82) is 0 Å². The zero-order valence-electron chi connectivity index (χ0n) is 13.3. The van der Waals surface area contributed by atoms with Crippen LogP contribution in [0.25, 0.3) is 17.2 Å². The number of hydrogen-bond donors (Lipinski definition) is 2. The van der Waals surface area contributed by atoms with Crippen molar-refractivity contribution in [2.45, 2.75) is 6.42 Å². The van der Waals surface area contributed by atoms with Crippen LogP contribution in [-0.2, 0) is 11.3 Å². The third-order valence-electron chi connectivity index (χ3n) is 3.33. The highest BCUT2D eigenvalue weighted by Crippen LogP contribution is 2.26. The van der Waals surface area contributed by atoms with Gasteiger partial charge in [-0.05, 0) is 50.9 Å². The lowest BCUT2D eigenvalue weighted by molar-refractivity contribution is 0.309. The van der Waals surface area contributed by atoms with Crippen molar-refractivity contribution in [3.05, 3.63) is 39.0 Å². The van der Waals surface area contributed by atoms with Gasteiger partial charge in [-0.2, -0.15) is 0 Å². The Bertz CT molecular complexity index is 1020. The average molecular weight is 462 g/mol. The fraction of sp³-hybridized carbons (Fsp3) is 0.231. The van der Waals surface area contributed by atoms with E-state index in [1.807, 2.05) is 0 Å². The Morgan fingerprint density at radius 1 is 1.30 bits per heavy atom. The fourth-order valence-electron chi connectivity index (χ4n) is 2.15. The van der Waals surface area contributed by atoms with Crippen molar-refractivity contribution in [3.8, 4) is 17.2 Å². The first kappa shape index (κ1) is 19.3. The summed E-state index contributed by atoms with van der Waals surface area (Å²) in [4.78, 5) is 12.1. The molecule has 144 valence electrons. The summed E-state index contributed by atoms with van der Waals surface area (Å²) in [6.45, 7) is 0.567. The van der Waals surface area contributed by atoms with Crippen LogP contribution < -0.4 is 15.8 Å². The van der Waals surface area contributed by atoms with E-state index in [-0.39, 0.29) is 28.4 Å². The second kappa shape index (κ2) is 8.51. The number of hydrogen-bond acceptors (Lipinski definition) is 9. The molecule has 11 nitrogen and oxygen atoms in total. The summed E-state index contributed by atoms with van der Waals surface area (Å²) in [7, 11) is 0. The Balaban J connectivity index is 1.84. The summed E-state index contributed by atoms with van der Waals surface area (Å²) in [6, 6.07) is 3.93. The van der Waals surface area contributed by atoms with E-state index in [0.29, 0.717) is 18.7 Å². The van der Waals surface area contributed by atoms with Crippen molar-refractivity contribution in [2.24, 2.45) is 0 Å². The molecule has 3 rings (SSSR count). The van der Waals surface area contributed by atoms with Gasteiger partial charge in [0.25, 0.3) is 0 Å². The molecule has 0 saturated carbocycles. The van der Waals surface area contributed by atoms with E-state index in [1.165, 1.54) is 18.2 Å². The quantitative estimate of drug-likeness (QED) is 0.368. The normalized spacial score (nSPS) is 12.3. The number of halogens is 2. The first-order chi connectivity index (χ1) is 13.0. The van der Waals surface area contributed by atoms with Crippen LogP contribution in [0.1, 0.15) is 6.42 Å². The van der Waals surface area contributed by atoms with Gasteiger partial charge in [0.15, 0.2) is 5.69 Å². The summed E-state index contributed by atoms with van der Waals surface area (Å²) in [5.41, 5.74) is 0.391. The molecule has 0 fully saturated rings. The summed E-state index contributed by atoms with van der Waals surface area (Å²) in [5, 5.41) is 14.0. The lowest BCUT2D eigenvalue weighted by atomic mass is 10.3. The van der Waals surface area contributed by atoms with Crippen LogP contribution in [0, 0.1) is 5.82 Å². The van der Waals surface area contributed by atoms with Crippen LogP contribution in [0.2, 0.25) is 0 Å². The molecule has 0 radical (unpaired) electrons. The molecule has 2 aromatic heterocycles. The Morgan fingerprint density at radius 3 is 2.85 bits per heavy atom. The molecule has 0 aliphatic rings. The first-order valence-electron chi connectivity index (χ1n) is 7.41. The van der Waals surface area contributed by atoms with Crippen molar-refractivity contribution >= 4 is 33.0 Å². The van der Waals surface area contributed by atoms with Gasteiger partial charge in [-0.3, -0.25) is 8.73 Å². The van der Waals surface area contributed by atoms with Crippen LogP contribution in [0.3, 0.4) is 0 Å². The van der Waals surface area contributed by atoms with Crippen LogP contribution in [0.4, 0.5) is 10.2 Å². The smallest absolute Gasteiger partial charge is 0.446 e. The fourth-order valence-corrected chi connectivity index (χ4v) is 2.83. The van der Waals surface area contributed by atoms with Gasteiger partial charge in [0.2, 0.25) is 11.6 Å². The molecule has 0 saturated heterocycles. The molecular weight excluding hydrogens is 451 g/mol. The van der Waals surface area contributed by atoms with Gasteiger partial charge < -0.3 is 9.87 Å². The molecule has 1 atom stereocenters. The molecule has 3 aromatic rings. The molecule has 1 unspecified atom stereocenters. The van der Waals surface area contributed by atoms with Gasteiger partial charge in [0, 0.05) is 24.4 Å². The zero-order chi connectivity index (χ0) is 19.4. The summed E-state index contributed by atoms with van der Waals surface area (Å²) >= 11 is 0.723. The molecule has 1 aromatic carbocycles. The van der Waals surface area contributed by atoms with E-state index in [2.05, 4.69) is 41.4 Å². The number of benzene rings is 1. The SMILES string of the molecule is O=c1onc(-c2nonc2NCCCNS(=O)[O-])n1-c1ccc(F)c(Br)c1. The molecule has 27 heavy (non-hydrogen) atoms. The summed E-state index contributed by atoms with van der Waals surface area (Å²) in [6.07, 6.45) is 0.455. The van der Waals surface area contributed by atoms with E-state index in [4.69, 9.17) is 9.15 Å². The summed E-state index contributed by atoms with van der Waals surface area (Å²) < 4.78 is 47.1. The van der Waals surface area contributed by atoms with Gasteiger partial charge in [0.05, 0.1) is 10.2 Å². The predicted octanol–water partition coefficient (Wildman–Crippen LogP) is 0.963. The maximum absolute atomic E-state index is 13.5. The topological polar surface area (TPSA) is 151 Å². The van der Waals surface area contributed by atoms with Crippen molar-refractivity contribution in [3.63, 3.8) is 0 Å². The maximum Gasteiger partial charge on any atom is 0.446 e. The third-order valence-corrected chi connectivity index (χ3v) is 4.38. The number of anilines is 1. The van der Waals surface area contributed by atoms with Gasteiger partial charge in [-0.15, -0.1) is 0 Å². The molecule has 0 aliphatic heterocycles. The lowest BCUT2D eigenvalue weighted by Gasteiger charge is -2.07. The van der Waals surface area contributed by atoms with E-state index < -0.39 is 22.8 Å². The third kappa shape index (κ3) is 4.47. The van der Waals surface area contributed by atoms with Crippen LogP contribution >= 0.6 is 15.9 Å². The maximum atomic E-state index is 13.5. The van der Waals surface area contributed by atoms with E-state index >= 15 is 0 Å². The minimum Gasteiger partial charge on any atom is -0.760 e. The van der Waals surface area contributed by atoms with Gasteiger partial charge >= 0.3 is 5.76 Å². The molecule has 0 bridgehead atoms. The molecular formula is C13H11BrFN6O5S-. The minimum atomic E-state index is -2.33. The molecule has 2 heterocycles. The number of nitrogens with zero attached hydrogens (tertiary/aromatic N) is 4. The second-order valence-electron chi connectivity index (χ2n) is 5.08. The molecule has 14 heteroatoms. The minimum absolute atomic E-state index is 0.000968. The molecule has 0 spiro atoms. The van der Waals surface area contributed by atoms with Crippen LogP contribution in [0.15, 0.2) is 36.6 Å². The highest BCUT2D eigenvalue weighted by atomic mass is 79.9. The van der Waals surface area contributed by atoms with Gasteiger partial charge in [-0.25, -0.2) is 23.1 Å². The van der Waals surface area contributed by atoms with Crippen LogP contribution in [-0.4, -0.2) is 41.9 Å². The first-order valence-corrected chi connectivity index (χ1v) is 9.28. The Morgan fingerprint density at radius 2 is 2.11 bits per heavy atom. The lowest BCUT2D eigenvalue weighted by Crippen LogP contribution is -2.20. The number of nitrogens with one attached hydrogen (secondary N) is 2. The number of aromatic nitrogens is 4. The average Bonchev–Trinajstić information content (AvgIpc) is 3.23. The monoisotopic (exact) mass is 461 g/mol. The van der Waals surface area contributed by atoms with Crippen molar-refractivity contribution < 1.29 is 22.3 Å². The largest absolute Gasteiger partial charge is 0.760 e. The van der Waals surface area contributed by atoms with Gasteiger partial charge in [-0.1, -0.05) is 5.16 Å². The Hall–Kier alpha value is -2.42. The standard InChI is InChI=1S/C13H12BrFN6O5S/c14-8-6-7(2-3-9(8)15)21-12(20-25-13(21)22)10-11(19-26-18-10)16-4-1-5-17-27(23)24/h2-3,6,17H,1,4-5H2,(H,16,19)(H,23,24)/p-1. The van der Waals surface area contributed by atoms with E-state index in [9.17, 15) is 17.9 Å². The van der Waals surface area contributed by atoms with E-state index in [1.54, 1.807) is 0 Å². The van der Waals surface area contributed by atoms with Crippen LogP contribution in [0.5, 0.6) is 0 Å². The zero-order valence-corrected chi connectivity index (χ0v) is 15.8. The highest BCUT2D eigenvalue weighted by molar-refractivity contribution is 9.10. The van der Waals surface area contributed by atoms with Crippen molar-refractivity contribution in [1.82, 2.24) is 24.8 Å². The van der Waals surface area contributed by atoms with E-state index in [0.717, 1.165) is 4.57 Å². The molecule has 2 N–H and O–H groups in total. The Labute approximate surface area is 161 Å². The van der Waals surface area contributed by atoms with Crippen molar-refractivity contribution in [2.75, 3.05) is 18.4 Å². The summed E-state index contributed by atoms with van der Waals surface area (Å²) in [5.74, 6) is -1.12. The predicted molar refractivity (Wildman–Crippen MR) is 93.1 cm³/mol. The molecule has 0 amide bonds. The highest BCUT2D eigenvalue weighted by Gasteiger charge is 2.22. The number of rotatable bonds is 8. The molecule has 0 aliphatic carbocycles. The van der Waals surface area contributed by atoms with Gasteiger partial charge in [0.1, 0.15) is 5.82 Å². The second-order valence-corrected chi connectivity index (χ2v) is 6.69. The Kier molecular flexibility index (Phi) is 6.10.